The Balaban J connectivity index is 2.39. The van der Waals surface area contributed by atoms with Gasteiger partial charge in [-0.15, -0.1) is 0 Å². The number of nitrogens with one attached hydrogen (secondary N) is 1. The third kappa shape index (κ3) is 6.79. The summed E-state index contributed by atoms with van der Waals surface area (Å²) in [7, 11) is 0. The first-order valence-electron chi connectivity index (χ1n) is 7.03. The number of amides is 1. The van der Waals surface area contributed by atoms with Crippen molar-refractivity contribution in [3.05, 3.63) is 29.8 Å². The van der Waals surface area contributed by atoms with E-state index in [1.165, 1.54) is 0 Å². The molecule has 0 saturated heterocycles. The Morgan fingerprint density at radius 2 is 1.81 bits per heavy atom. The second kappa shape index (κ2) is 7.11. The maximum atomic E-state index is 11.8. The molecular formula is C16H24N2O3. The summed E-state index contributed by atoms with van der Waals surface area (Å²) in [5, 5.41) is 2.77. The number of anilines is 1. The van der Waals surface area contributed by atoms with Crippen molar-refractivity contribution >= 4 is 17.6 Å². The van der Waals surface area contributed by atoms with Crippen LogP contribution in [0.4, 0.5) is 5.69 Å². The summed E-state index contributed by atoms with van der Waals surface area (Å²) >= 11 is 0. The molecule has 5 nitrogen and oxygen atoms in total. The van der Waals surface area contributed by atoms with E-state index in [-0.39, 0.29) is 23.8 Å². The lowest BCUT2D eigenvalue weighted by molar-refractivity contribution is -0.155. The highest BCUT2D eigenvalue weighted by Crippen LogP contribution is 2.09. The van der Waals surface area contributed by atoms with E-state index in [2.05, 4.69) is 5.32 Å². The molecule has 116 valence electrons. The zero-order valence-corrected chi connectivity index (χ0v) is 13.1. The van der Waals surface area contributed by atoms with Crippen LogP contribution < -0.4 is 11.1 Å². The fraction of sp³-hybridized carbons (Fsp3) is 0.500. The van der Waals surface area contributed by atoms with Crippen molar-refractivity contribution in [2.24, 2.45) is 0 Å². The highest BCUT2D eigenvalue weighted by Gasteiger charge is 2.22. The third-order valence-electron chi connectivity index (χ3n) is 2.77. The maximum absolute atomic E-state index is 11.8. The average molecular weight is 292 g/mol. The fourth-order valence-electron chi connectivity index (χ4n) is 1.71. The summed E-state index contributed by atoms with van der Waals surface area (Å²) in [6, 6.07) is 7.33. The van der Waals surface area contributed by atoms with Crippen LogP contribution in [0.2, 0.25) is 0 Å². The number of aryl methyl sites for hydroxylation is 1. The fourth-order valence-corrected chi connectivity index (χ4v) is 1.71. The molecule has 0 spiro atoms. The molecule has 1 amide bonds. The van der Waals surface area contributed by atoms with Crippen molar-refractivity contribution in [2.75, 3.05) is 5.73 Å². The number of esters is 1. The Hall–Kier alpha value is -2.04. The average Bonchev–Trinajstić information content (AvgIpc) is 2.36. The summed E-state index contributed by atoms with van der Waals surface area (Å²) in [5.74, 6) is -0.674. The van der Waals surface area contributed by atoms with Crippen molar-refractivity contribution in [3.8, 4) is 0 Å². The van der Waals surface area contributed by atoms with E-state index in [0.29, 0.717) is 12.1 Å². The van der Waals surface area contributed by atoms with Gasteiger partial charge < -0.3 is 15.8 Å². The minimum absolute atomic E-state index is 0.233. The molecule has 0 aliphatic heterocycles. The molecule has 5 heteroatoms. The highest BCUT2D eigenvalue weighted by molar-refractivity contribution is 5.83. The molecule has 21 heavy (non-hydrogen) atoms. The van der Waals surface area contributed by atoms with Gasteiger partial charge in [-0.25, -0.2) is 0 Å². The standard InChI is InChI=1S/C16H24N2O3/c1-11(15(20)18-16(2,3)4)21-14(19)10-7-12-5-8-13(17)9-6-12/h5-6,8-9,11H,7,10,17H2,1-4H3,(H,18,20). The molecule has 0 aliphatic carbocycles. The molecule has 0 fully saturated rings. The van der Waals surface area contributed by atoms with E-state index in [0.717, 1.165) is 5.56 Å². The van der Waals surface area contributed by atoms with Crippen molar-refractivity contribution in [3.63, 3.8) is 0 Å². The minimum Gasteiger partial charge on any atom is -0.453 e. The Morgan fingerprint density at radius 1 is 1.24 bits per heavy atom. The van der Waals surface area contributed by atoms with E-state index in [1.807, 2.05) is 32.9 Å². The predicted octanol–water partition coefficient (Wildman–Crippen LogP) is 2.05. The number of nitrogens with two attached hydrogens (primary N) is 1. The van der Waals surface area contributed by atoms with Crippen molar-refractivity contribution < 1.29 is 14.3 Å². The van der Waals surface area contributed by atoms with Gasteiger partial charge in [0.15, 0.2) is 6.10 Å². The Bertz CT molecular complexity index is 489. The number of rotatable bonds is 5. The normalized spacial score (nSPS) is 12.6. The smallest absolute Gasteiger partial charge is 0.306 e. The molecule has 1 aromatic carbocycles. The zero-order valence-electron chi connectivity index (χ0n) is 13.1. The quantitative estimate of drug-likeness (QED) is 0.643. The number of hydrogen-bond acceptors (Lipinski definition) is 4. The molecule has 1 atom stereocenters. The second-order valence-electron chi connectivity index (χ2n) is 6.11. The first kappa shape index (κ1) is 17.0. The maximum Gasteiger partial charge on any atom is 0.306 e. The summed E-state index contributed by atoms with van der Waals surface area (Å²) < 4.78 is 5.13. The molecule has 1 rings (SSSR count). The van der Waals surface area contributed by atoms with E-state index in [9.17, 15) is 9.59 Å². The molecular weight excluding hydrogens is 268 g/mol. The molecule has 3 N–H and O–H groups in total. The van der Waals surface area contributed by atoms with Crippen LogP contribution in [0.5, 0.6) is 0 Å². The van der Waals surface area contributed by atoms with Gasteiger partial charge >= 0.3 is 5.97 Å². The second-order valence-corrected chi connectivity index (χ2v) is 6.11. The molecule has 0 bridgehead atoms. The number of nitrogen functional groups attached to an aromatic ring is 1. The van der Waals surface area contributed by atoms with E-state index < -0.39 is 6.10 Å². The van der Waals surface area contributed by atoms with Crippen LogP contribution in [0.25, 0.3) is 0 Å². The lowest BCUT2D eigenvalue weighted by atomic mass is 10.1. The van der Waals surface area contributed by atoms with Gasteiger partial charge in [0.1, 0.15) is 0 Å². The van der Waals surface area contributed by atoms with E-state index in [1.54, 1.807) is 19.1 Å². The zero-order chi connectivity index (χ0) is 16.0. The van der Waals surface area contributed by atoms with Crippen LogP contribution in [0, 0.1) is 0 Å². The first-order chi connectivity index (χ1) is 9.67. The molecule has 0 saturated carbocycles. The summed E-state index contributed by atoms with van der Waals surface area (Å²) in [6.07, 6.45) is 0.00666. The van der Waals surface area contributed by atoms with Gasteiger partial charge in [-0.05, 0) is 51.8 Å². The van der Waals surface area contributed by atoms with Gasteiger partial charge in [0.2, 0.25) is 0 Å². The Labute approximate surface area is 125 Å². The van der Waals surface area contributed by atoms with Crippen LogP contribution in [0.15, 0.2) is 24.3 Å². The molecule has 0 aliphatic rings. The number of benzene rings is 1. The van der Waals surface area contributed by atoms with Gasteiger partial charge in [-0.1, -0.05) is 12.1 Å². The van der Waals surface area contributed by atoms with Crippen LogP contribution in [-0.2, 0) is 20.7 Å². The van der Waals surface area contributed by atoms with Gasteiger partial charge in [-0.3, -0.25) is 9.59 Å². The summed E-state index contributed by atoms with van der Waals surface area (Å²) in [5.41, 5.74) is 6.95. The molecule has 1 aromatic rings. The van der Waals surface area contributed by atoms with E-state index in [4.69, 9.17) is 10.5 Å². The van der Waals surface area contributed by atoms with Gasteiger partial charge in [0, 0.05) is 17.6 Å². The highest BCUT2D eigenvalue weighted by atomic mass is 16.5. The summed E-state index contributed by atoms with van der Waals surface area (Å²) in [4.78, 5) is 23.5. The monoisotopic (exact) mass is 292 g/mol. The predicted molar refractivity (Wildman–Crippen MR) is 82.6 cm³/mol. The van der Waals surface area contributed by atoms with Crippen molar-refractivity contribution in [1.82, 2.24) is 5.32 Å². The largest absolute Gasteiger partial charge is 0.453 e. The molecule has 1 unspecified atom stereocenters. The number of carbonyl (C=O) groups is 2. The Kier molecular flexibility index (Phi) is 5.76. The summed E-state index contributed by atoms with van der Waals surface area (Å²) in [6.45, 7) is 7.20. The van der Waals surface area contributed by atoms with Gasteiger partial charge in [-0.2, -0.15) is 0 Å². The first-order valence-corrected chi connectivity index (χ1v) is 7.03. The molecule has 0 aromatic heterocycles. The van der Waals surface area contributed by atoms with Crippen LogP contribution in [-0.4, -0.2) is 23.5 Å². The van der Waals surface area contributed by atoms with E-state index >= 15 is 0 Å². The van der Waals surface area contributed by atoms with Gasteiger partial charge in [0.05, 0.1) is 0 Å². The third-order valence-corrected chi connectivity index (χ3v) is 2.77. The van der Waals surface area contributed by atoms with Gasteiger partial charge in [0.25, 0.3) is 5.91 Å². The lowest BCUT2D eigenvalue weighted by Crippen LogP contribution is -2.46. The van der Waals surface area contributed by atoms with Crippen LogP contribution >= 0.6 is 0 Å². The van der Waals surface area contributed by atoms with Crippen molar-refractivity contribution in [2.45, 2.75) is 52.2 Å². The van der Waals surface area contributed by atoms with Crippen LogP contribution in [0.3, 0.4) is 0 Å². The number of hydrogen-bond donors (Lipinski definition) is 2. The molecule has 0 heterocycles. The Morgan fingerprint density at radius 3 is 2.33 bits per heavy atom. The number of carbonyl (C=O) groups excluding carboxylic acids is 2. The minimum atomic E-state index is -0.789. The van der Waals surface area contributed by atoms with Crippen molar-refractivity contribution in [1.29, 1.82) is 0 Å². The number of ether oxygens (including phenoxy) is 1. The lowest BCUT2D eigenvalue weighted by Gasteiger charge is -2.23. The van der Waals surface area contributed by atoms with Crippen LogP contribution in [0.1, 0.15) is 39.7 Å². The SMILES string of the molecule is CC(OC(=O)CCc1ccc(N)cc1)C(=O)NC(C)(C)C. The topological polar surface area (TPSA) is 81.4 Å². The molecule has 0 radical (unpaired) electrons.